The summed E-state index contributed by atoms with van der Waals surface area (Å²) in [7, 11) is 0. The summed E-state index contributed by atoms with van der Waals surface area (Å²) in [6, 6.07) is 17.1. The van der Waals surface area contributed by atoms with Crippen molar-refractivity contribution in [2.45, 2.75) is 6.04 Å². The molecule has 1 aliphatic rings. The Balaban J connectivity index is 1.50. The largest absolute Gasteiger partial charge is 0.480 e. The van der Waals surface area contributed by atoms with Crippen LogP contribution in [0, 0.1) is 0 Å². The molecule has 0 radical (unpaired) electrons. The zero-order valence-electron chi connectivity index (χ0n) is 17.3. The van der Waals surface area contributed by atoms with E-state index < -0.39 is 12.0 Å². The number of hydrogen-bond acceptors (Lipinski definition) is 5. The number of carboxylic acids is 1. The Labute approximate surface area is 193 Å². The number of anilines is 1. The number of aromatic nitrogens is 3. The van der Waals surface area contributed by atoms with Crippen molar-refractivity contribution in [3.05, 3.63) is 77.0 Å². The molecule has 8 heteroatoms. The van der Waals surface area contributed by atoms with E-state index in [1.807, 2.05) is 59.5 Å². The van der Waals surface area contributed by atoms with Crippen LogP contribution in [0.15, 0.2) is 71.5 Å². The van der Waals surface area contributed by atoms with Crippen molar-refractivity contribution in [3.63, 3.8) is 0 Å². The lowest BCUT2D eigenvalue weighted by atomic mass is 9.97. The van der Waals surface area contributed by atoms with E-state index in [2.05, 4.69) is 35.8 Å². The summed E-state index contributed by atoms with van der Waals surface area (Å²) in [6.07, 6.45) is 3.46. The second-order valence-corrected chi connectivity index (χ2v) is 8.71. The van der Waals surface area contributed by atoms with Gasteiger partial charge in [-0.25, -0.2) is 9.97 Å². The Morgan fingerprint density at radius 2 is 1.62 bits per heavy atom. The number of aromatic amines is 1. The van der Waals surface area contributed by atoms with E-state index in [9.17, 15) is 9.90 Å². The molecule has 1 saturated heterocycles. The van der Waals surface area contributed by atoms with Gasteiger partial charge in [0.15, 0.2) is 0 Å². The molecule has 2 aromatic heterocycles. The summed E-state index contributed by atoms with van der Waals surface area (Å²) >= 11 is 3.36. The summed E-state index contributed by atoms with van der Waals surface area (Å²) in [6.45, 7) is 2.52. The molecule has 2 aromatic carbocycles. The van der Waals surface area contributed by atoms with E-state index in [4.69, 9.17) is 0 Å². The topological polar surface area (TPSA) is 85.4 Å². The van der Waals surface area contributed by atoms with Crippen LogP contribution in [-0.2, 0) is 4.79 Å². The molecule has 4 aromatic rings. The average Bonchev–Trinajstić information content (AvgIpc) is 3.20. The van der Waals surface area contributed by atoms with Gasteiger partial charge in [0.1, 0.15) is 6.04 Å². The van der Waals surface area contributed by atoms with Gasteiger partial charge < -0.3 is 15.0 Å². The third-order valence-corrected chi connectivity index (χ3v) is 6.29. The summed E-state index contributed by atoms with van der Waals surface area (Å²) in [4.78, 5) is 29.0. The van der Waals surface area contributed by atoms with Crippen LogP contribution in [0.4, 0.5) is 5.95 Å². The molecule has 1 atom stereocenters. The second kappa shape index (κ2) is 8.72. The van der Waals surface area contributed by atoms with Gasteiger partial charge in [0.05, 0.1) is 10.2 Å². The highest BCUT2D eigenvalue weighted by Gasteiger charge is 2.34. The summed E-state index contributed by atoms with van der Waals surface area (Å²) in [5.41, 5.74) is 3.59. The fourth-order valence-corrected chi connectivity index (χ4v) is 4.60. The molecular formula is C24H22BrN5O2. The van der Waals surface area contributed by atoms with E-state index >= 15 is 0 Å². The van der Waals surface area contributed by atoms with Crippen LogP contribution in [0.1, 0.15) is 11.6 Å². The van der Waals surface area contributed by atoms with Crippen molar-refractivity contribution < 1.29 is 9.90 Å². The predicted molar refractivity (Wildman–Crippen MR) is 128 cm³/mol. The molecule has 1 aliphatic heterocycles. The quantitative estimate of drug-likeness (QED) is 0.432. The number of benzene rings is 2. The summed E-state index contributed by atoms with van der Waals surface area (Å²) in [5.74, 6) is -0.183. The molecular weight excluding hydrogens is 470 g/mol. The number of para-hydroxylation sites is 1. The third-order valence-electron chi connectivity index (χ3n) is 5.89. The van der Waals surface area contributed by atoms with Gasteiger partial charge in [-0.2, -0.15) is 0 Å². The van der Waals surface area contributed by atoms with Gasteiger partial charge in [-0.05, 0) is 27.6 Å². The number of halogens is 1. The minimum Gasteiger partial charge on any atom is -0.480 e. The second-order valence-electron chi connectivity index (χ2n) is 7.79. The average molecular weight is 492 g/mol. The predicted octanol–water partition coefficient (Wildman–Crippen LogP) is 4.34. The van der Waals surface area contributed by atoms with Gasteiger partial charge in [-0.1, -0.05) is 48.5 Å². The minimum absolute atomic E-state index is 0.601. The summed E-state index contributed by atoms with van der Waals surface area (Å²) < 4.78 is 0.832. The fourth-order valence-electron chi connectivity index (χ4n) is 4.39. The highest BCUT2D eigenvalue weighted by molar-refractivity contribution is 9.10. The number of H-pyrrole nitrogens is 1. The Bertz CT molecular complexity index is 1230. The number of rotatable bonds is 5. The van der Waals surface area contributed by atoms with E-state index in [1.54, 1.807) is 12.4 Å². The Morgan fingerprint density at radius 1 is 0.969 bits per heavy atom. The smallest absolute Gasteiger partial charge is 0.325 e. The number of carbonyl (C=O) groups is 1. The van der Waals surface area contributed by atoms with Crippen LogP contribution in [0.5, 0.6) is 0 Å². The fraction of sp³-hybridized carbons (Fsp3) is 0.208. The molecule has 7 nitrogen and oxygen atoms in total. The van der Waals surface area contributed by atoms with Crippen molar-refractivity contribution in [1.82, 2.24) is 19.9 Å². The normalized spacial score (nSPS) is 15.7. The Kier molecular flexibility index (Phi) is 5.63. The number of carboxylic acid groups (broad SMARTS) is 1. The van der Waals surface area contributed by atoms with Crippen LogP contribution in [0.25, 0.3) is 22.2 Å². The number of fused-ring (bicyclic) bond motifs is 1. The standard InChI is InChI=1S/C24H22BrN5O2/c25-17-14-26-24(27-15-17)30-12-10-29(11-13-30)22(23(31)32)20-18-8-4-5-9-19(18)28-21(20)16-6-2-1-3-7-16/h1-9,14-15,22,28H,10-13H2,(H,31,32)/t22-/m0/s1. The number of nitrogens with zero attached hydrogens (tertiary/aromatic N) is 4. The van der Waals surface area contributed by atoms with Crippen LogP contribution >= 0.6 is 15.9 Å². The molecule has 0 unspecified atom stereocenters. The maximum atomic E-state index is 12.6. The number of hydrogen-bond donors (Lipinski definition) is 2. The zero-order valence-corrected chi connectivity index (χ0v) is 18.9. The SMILES string of the molecule is O=C(O)[C@H](c1c(-c2ccccc2)[nH]c2ccccc12)N1CCN(c2ncc(Br)cn2)CC1. The third kappa shape index (κ3) is 3.87. The lowest BCUT2D eigenvalue weighted by Crippen LogP contribution is -2.49. The molecule has 0 saturated carbocycles. The van der Waals surface area contributed by atoms with Gasteiger partial charge in [-0.3, -0.25) is 9.69 Å². The van der Waals surface area contributed by atoms with E-state index in [0.717, 1.165) is 32.2 Å². The first-order valence-corrected chi connectivity index (χ1v) is 11.3. The van der Waals surface area contributed by atoms with Crippen molar-refractivity contribution in [2.24, 2.45) is 0 Å². The zero-order chi connectivity index (χ0) is 22.1. The van der Waals surface area contributed by atoms with Gasteiger partial charge in [0, 0.05) is 55.0 Å². The lowest BCUT2D eigenvalue weighted by Gasteiger charge is -2.38. The van der Waals surface area contributed by atoms with Crippen LogP contribution in [0.3, 0.4) is 0 Å². The maximum absolute atomic E-state index is 12.6. The molecule has 0 spiro atoms. The van der Waals surface area contributed by atoms with Crippen molar-refractivity contribution >= 4 is 38.8 Å². The van der Waals surface area contributed by atoms with Crippen LogP contribution in [0.2, 0.25) is 0 Å². The summed E-state index contributed by atoms with van der Waals surface area (Å²) in [5, 5.41) is 11.3. The monoisotopic (exact) mass is 491 g/mol. The molecule has 1 fully saturated rings. The van der Waals surface area contributed by atoms with Gasteiger partial charge in [-0.15, -0.1) is 0 Å². The lowest BCUT2D eigenvalue weighted by molar-refractivity contribution is -0.143. The highest BCUT2D eigenvalue weighted by Crippen LogP contribution is 2.38. The first kappa shape index (κ1) is 20.7. The molecule has 0 amide bonds. The van der Waals surface area contributed by atoms with Crippen molar-refractivity contribution in [2.75, 3.05) is 31.1 Å². The number of piperazine rings is 1. The first-order chi connectivity index (χ1) is 15.6. The minimum atomic E-state index is -0.847. The van der Waals surface area contributed by atoms with E-state index in [0.29, 0.717) is 32.1 Å². The van der Waals surface area contributed by atoms with Crippen molar-refractivity contribution in [1.29, 1.82) is 0 Å². The van der Waals surface area contributed by atoms with Crippen molar-refractivity contribution in [3.8, 4) is 11.3 Å². The van der Waals surface area contributed by atoms with E-state index in [-0.39, 0.29) is 0 Å². The van der Waals surface area contributed by atoms with E-state index in [1.165, 1.54) is 0 Å². The molecule has 162 valence electrons. The molecule has 0 aliphatic carbocycles. The van der Waals surface area contributed by atoms with Gasteiger partial charge in [0.25, 0.3) is 0 Å². The first-order valence-electron chi connectivity index (χ1n) is 10.5. The molecule has 2 N–H and O–H groups in total. The van der Waals surface area contributed by atoms with Gasteiger partial charge >= 0.3 is 5.97 Å². The molecule has 5 rings (SSSR count). The maximum Gasteiger partial charge on any atom is 0.325 e. The number of nitrogens with one attached hydrogen (secondary N) is 1. The number of aliphatic carboxylic acids is 1. The van der Waals surface area contributed by atoms with Crippen LogP contribution in [-0.4, -0.2) is 57.1 Å². The molecule has 32 heavy (non-hydrogen) atoms. The molecule has 3 heterocycles. The Hall–Kier alpha value is -3.23. The Morgan fingerprint density at radius 3 is 2.31 bits per heavy atom. The highest BCUT2D eigenvalue weighted by atomic mass is 79.9. The van der Waals surface area contributed by atoms with Gasteiger partial charge in [0.2, 0.25) is 5.95 Å². The van der Waals surface area contributed by atoms with Crippen LogP contribution < -0.4 is 4.90 Å². The molecule has 0 bridgehead atoms.